The molecule has 1 fully saturated rings. The summed E-state index contributed by atoms with van der Waals surface area (Å²) < 4.78 is 31.8. The van der Waals surface area contributed by atoms with Gasteiger partial charge in [0, 0.05) is 12.6 Å². The monoisotopic (exact) mass is 577 g/mol. The normalized spacial score (nSPS) is 27.2. The maximum atomic E-state index is 12.7. The van der Waals surface area contributed by atoms with Crippen molar-refractivity contribution >= 4 is 21.9 Å². The third-order valence-electron chi connectivity index (χ3n) is 7.14. The highest BCUT2D eigenvalue weighted by molar-refractivity contribution is 7.85. The first kappa shape index (κ1) is 33.6. The van der Waals surface area contributed by atoms with E-state index in [0.29, 0.717) is 6.42 Å². The lowest BCUT2D eigenvalue weighted by molar-refractivity contribution is -0.124. The van der Waals surface area contributed by atoms with E-state index in [1.54, 1.807) is 0 Å². The molecule has 0 aromatic heterocycles. The number of nitrogens with one attached hydrogen (secondary N) is 1. The lowest BCUT2D eigenvalue weighted by atomic mass is 9.98. The van der Waals surface area contributed by atoms with Gasteiger partial charge in [-0.1, -0.05) is 70.6 Å². The average Bonchev–Trinajstić information content (AvgIpc) is 3.16. The molecule has 1 saturated heterocycles. The fourth-order valence-corrected chi connectivity index (χ4v) is 5.19. The number of ether oxygens (including phenoxy) is 1. The van der Waals surface area contributed by atoms with E-state index in [0.717, 1.165) is 62.5 Å². The van der Waals surface area contributed by atoms with E-state index in [2.05, 4.69) is 5.32 Å². The number of rotatable bonds is 20. The number of urea groups is 1. The minimum absolute atomic E-state index is 0.232. The second-order valence-corrected chi connectivity index (χ2v) is 12.2. The summed E-state index contributed by atoms with van der Waals surface area (Å²) in [6, 6.07) is -0.734. The Morgan fingerprint density at radius 2 is 1.51 bits per heavy atom. The van der Waals surface area contributed by atoms with Crippen molar-refractivity contribution in [3.05, 3.63) is 12.3 Å². The number of hydrogen-bond donors (Lipinski definition) is 5. The standard InChI is InChI=1S/C26H47N3O9S/c1-39(35,36)37-18-14-12-10-8-6-4-2-3-5-7-9-11-13-15-21(31)26(27)16-17-29(25(34)28-26)24-23(33)22(32)20(19-30)38-24/h16-17,20,22-24,30,32-33H,2-15,18-19,27H2,1H3,(H,28,34)/t20-,22-,23+,24-,26?/m1/s1. The van der Waals surface area contributed by atoms with Crippen LogP contribution < -0.4 is 11.1 Å². The summed E-state index contributed by atoms with van der Waals surface area (Å²) in [6.07, 6.45) is 12.6. The number of carbonyl (C=O) groups excluding carboxylic acids is 2. The summed E-state index contributed by atoms with van der Waals surface area (Å²) >= 11 is 0. The van der Waals surface area contributed by atoms with Crippen molar-refractivity contribution in [2.24, 2.45) is 5.73 Å². The van der Waals surface area contributed by atoms with Crippen LogP contribution in [0.25, 0.3) is 0 Å². The molecular formula is C26H47N3O9S. The Hall–Kier alpha value is -1.61. The molecule has 0 radical (unpaired) electrons. The molecule has 2 amide bonds. The van der Waals surface area contributed by atoms with Crippen LogP contribution >= 0.6 is 0 Å². The molecule has 5 atom stereocenters. The van der Waals surface area contributed by atoms with Crippen molar-refractivity contribution < 1.29 is 42.2 Å². The van der Waals surface area contributed by atoms with E-state index in [9.17, 15) is 33.3 Å². The van der Waals surface area contributed by atoms with E-state index >= 15 is 0 Å². The molecule has 2 heterocycles. The molecule has 6 N–H and O–H groups in total. The Labute approximate surface area is 232 Å². The maximum absolute atomic E-state index is 12.7. The van der Waals surface area contributed by atoms with Crippen LogP contribution in [-0.2, 0) is 23.8 Å². The van der Waals surface area contributed by atoms with Crippen molar-refractivity contribution in [1.82, 2.24) is 10.2 Å². The third kappa shape index (κ3) is 11.4. The van der Waals surface area contributed by atoms with E-state index < -0.39 is 53.0 Å². The highest BCUT2D eigenvalue weighted by Gasteiger charge is 2.48. The quantitative estimate of drug-likeness (QED) is 0.105. The zero-order chi connectivity index (χ0) is 28.9. The topological polar surface area (TPSA) is 189 Å². The van der Waals surface area contributed by atoms with Crippen LogP contribution in [0, 0.1) is 0 Å². The molecule has 0 aliphatic carbocycles. The number of nitrogens with two attached hydrogens (primary N) is 1. The van der Waals surface area contributed by atoms with Gasteiger partial charge in [0.25, 0.3) is 10.1 Å². The molecule has 13 heteroatoms. The van der Waals surface area contributed by atoms with Crippen molar-refractivity contribution in [3.8, 4) is 0 Å². The highest BCUT2D eigenvalue weighted by atomic mass is 32.2. The molecule has 2 aliphatic rings. The van der Waals surface area contributed by atoms with Crippen molar-refractivity contribution in [2.75, 3.05) is 19.5 Å². The first-order valence-corrected chi connectivity index (χ1v) is 15.9. The van der Waals surface area contributed by atoms with E-state index in [4.69, 9.17) is 14.7 Å². The maximum Gasteiger partial charge on any atom is 0.325 e. The number of Topliss-reactive ketones (excluding diaryl/α,β-unsaturated/α-hetero) is 1. The van der Waals surface area contributed by atoms with Crippen LogP contribution in [0.15, 0.2) is 12.3 Å². The summed E-state index contributed by atoms with van der Waals surface area (Å²) in [5, 5.41) is 31.7. The number of amides is 2. The lowest BCUT2D eigenvalue weighted by Crippen LogP contribution is -2.66. The SMILES string of the molecule is CS(=O)(=O)OCCCCCCCCCCCCCCCC(=O)C1(N)C=CN([C@@H]2O[C@H](CO)[C@@H](O)[C@@H]2O)C(=O)N1. The fraction of sp³-hybridized carbons (Fsp3) is 0.846. The van der Waals surface area contributed by atoms with Gasteiger partial charge in [-0.05, 0) is 18.9 Å². The summed E-state index contributed by atoms with van der Waals surface area (Å²) in [6.45, 7) is -0.239. The van der Waals surface area contributed by atoms with Crippen LogP contribution in [0.5, 0.6) is 0 Å². The summed E-state index contributed by atoms with van der Waals surface area (Å²) in [7, 11) is -3.32. The van der Waals surface area contributed by atoms with Crippen LogP contribution in [-0.4, -0.2) is 90.1 Å². The fourth-order valence-electron chi connectivity index (χ4n) is 4.77. The van der Waals surface area contributed by atoms with Gasteiger partial charge in [-0.3, -0.25) is 19.6 Å². The highest BCUT2D eigenvalue weighted by Crippen LogP contribution is 2.26. The zero-order valence-corrected chi connectivity index (χ0v) is 23.8. The number of carbonyl (C=O) groups is 2. The van der Waals surface area contributed by atoms with Gasteiger partial charge >= 0.3 is 6.03 Å². The number of aliphatic hydroxyl groups excluding tert-OH is 3. The van der Waals surface area contributed by atoms with Gasteiger partial charge in [0.05, 0.1) is 19.5 Å². The summed E-state index contributed by atoms with van der Waals surface area (Å²) in [5.41, 5.74) is 4.49. The van der Waals surface area contributed by atoms with Crippen LogP contribution in [0.1, 0.15) is 89.9 Å². The molecule has 39 heavy (non-hydrogen) atoms. The van der Waals surface area contributed by atoms with Gasteiger partial charge in [-0.2, -0.15) is 8.42 Å². The van der Waals surface area contributed by atoms with Gasteiger partial charge < -0.3 is 25.4 Å². The molecule has 0 bridgehead atoms. The van der Waals surface area contributed by atoms with E-state index in [-0.39, 0.29) is 18.8 Å². The van der Waals surface area contributed by atoms with Gasteiger partial charge in [0.1, 0.15) is 18.3 Å². The molecule has 12 nitrogen and oxygen atoms in total. The Morgan fingerprint density at radius 3 is 1.97 bits per heavy atom. The minimum Gasteiger partial charge on any atom is -0.394 e. The summed E-state index contributed by atoms with van der Waals surface area (Å²) in [5.74, 6) is -0.309. The predicted molar refractivity (Wildman–Crippen MR) is 145 cm³/mol. The Morgan fingerprint density at radius 1 is 1.00 bits per heavy atom. The zero-order valence-electron chi connectivity index (χ0n) is 23.0. The molecule has 2 rings (SSSR count). The number of unbranched alkanes of at least 4 members (excludes halogenated alkanes) is 12. The molecular weight excluding hydrogens is 530 g/mol. The molecule has 0 aromatic rings. The van der Waals surface area contributed by atoms with Crippen LogP contribution in [0.4, 0.5) is 4.79 Å². The summed E-state index contributed by atoms with van der Waals surface area (Å²) in [4.78, 5) is 26.3. The van der Waals surface area contributed by atoms with Crippen LogP contribution in [0.3, 0.4) is 0 Å². The minimum atomic E-state index is -3.32. The van der Waals surface area contributed by atoms with E-state index in [1.807, 2.05) is 0 Å². The molecule has 1 unspecified atom stereocenters. The first-order valence-electron chi connectivity index (χ1n) is 14.1. The second-order valence-electron chi connectivity index (χ2n) is 10.5. The largest absolute Gasteiger partial charge is 0.394 e. The lowest BCUT2D eigenvalue weighted by Gasteiger charge is -2.36. The number of aliphatic hydroxyl groups is 3. The van der Waals surface area contributed by atoms with Gasteiger partial charge in [0.2, 0.25) is 0 Å². The molecule has 2 aliphatic heterocycles. The molecule has 0 saturated carbocycles. The Kier molecular flexibility index (Phi) is 14.3. The molecule has 0 aromatic carbocycles. The van der Waals surface area contributed by atoms with Gasteiger partial charge in [-0.25, -0.2) is 4.79 Å². The second kappa shape index (κ2) is 16.6. The number of hydrogen-bond acceptors (Lipinski definition) is 10. The van der Waals surface area contributed by atoms with Crippen LogP contribution in [0.2, 0.25) is 0 Å². The van der Waals surface area contributed by atoms with Gasteiger partial charge in [-0.15, -0.1) is 0 Å². The average molecular weight is 578 g/mol. The molecule has 0 spiro atoms. The van der Waals surface area contributed by atoms with Crippen molar-refractivity contribution in [2.45, 2.75) is 120 Å². The van der Waals surface area contributed by atoms with Crippen molar-refractivity contribution in [3.63, 3.8) is 0 Å². The van der Waals surface area contributed by atoms with Gasteiger partial charge in [0.15, 0.2) is 17.7 Å². The Bertz CT molecular complexity index is 901. The number of nitrogens with zero attached hydrogens (tertiary/aromatic N) is 1. The third-order valence-corrected chi connectivity index (χ3v) is 7.74. The van der Waals surface area contributed by atoms with Crippen molar-refractivity contribution in [1.29, 1.82) is 0 Å². The first-order chi connectivity index (χ1) is 18.5. The predicted octanol–water partition coefficient (Wildman–Crippen LogP) is 1.63. The number of ketones is 1. The molecule has 226 valence electrons. The Balaban J connectivity index is 1.50. The smallest absolute Gasteiger partial charge is 0.325 e. The van der Waals surface area contributed by atoms with E-state index in [1.165, 1.54) is 38.0 Å².